The number of hydrogen-bond donors (Lipinski definition) is 1. The zero-order valence-electron chi connectivity index (χ0n) is 12.8. The highest BCUT2D eigenvalue weighted by atomic mass is 16.6. The Bertz CT molecular complexity index is 395. The molecule has 0 aliphatic carbocycles. The molecule has 1 N–H and O–H groups in total. The van der Waals surface area contributed by atoms with Crippen molar-refractivity contribution in [3.8, 4) is 6.07 Å². The summed E-state index contributed by atoms with van der Waals surface area (Å²) < 4.78 is 15.4. The molecule has 118 valence electrons. The lowest BCUT2D eigenvalue weighted by Crippen LogP contribution is -2.25. The van der Waals surface area contributed by atoms with Gasteiger partial charge in [0.05, 0.1) is 13.2 Å². The summed E-state index contributed by atoms with van der Waals surface area (Å²) in [5.74, 6) is -0.162. The van der Waals surface area contributed by atoms with Crippen LogP contribution in [0, 0.1) is 17.2 Å². The minimum atomic E-state index is -0.593. The van der Waals surface area contributed by atoms with Gasteiger partial charge in [0.15, 0.2) is 5.57 Å². The van der Waals surface area contributed by atoms with Crippen molar-refractivity contribution >= 4 is 5.97 Å². The maximum absolute atomic E-state index is 11.9. The SMILES string of the molecule is CCOCCOC(=O)/C(C#N)=C(\CC)NCC1CCOC1. The fourth-order valence-electron chi connectivity index (χ4n) is 2.05. The first kappa shape index (κ1) is 17.5. The fraction of sp³-hybridized carbons (Fsp3) is 0.733. The first-order valence-corrected chi connectivity index (χ1v) is 7.42. The van der Waals surface area contributed by atoms with Crippen molar-refractivity contribution in [2.45, 2.75) is 26.7 Å². The summed E-state index contributed by atoms with van der Waals surface area (Å²) in [6.07, 6.45) is 1.59. The average molecular weight is 296 g/mol. The highest BCUT2D eigenvalue weighted by Crippen LogP contribution is 2.13. The zero-order valence-corrected chi connectivity index (χ0v) is 12.8. The summed E-state index contributed by atoms with van der Waals surface area (Å²) in [4.78, 5) is 11.9. The van der Waals surface area contributed by atoms with Crippen molar-refractivity contribution in [1.82, 2.24) is 5.32 Å². The lowest BCUT2D eigenvalue weighted by atomic mass is 10.1. The van der Waals surface area contributed by atoms with Gasteiger partial charge in [0, 0.05) is 31.4 Å². The highest BCUT2D eigenvalue weighted by molar-refractivity contribution is 5.93. The number of carbonyl (C=O) groups is 1. The molecular weight excluding hydrogens is 272 g/mol. The summed E-state index contributed by atoms with van der Waals surface area (Å²) in [5, 5.41) is 12.4. The molecule has 0 saturated carbocycles. The third-order valence-electron chi connectivity index (χ3n) is 3.26. The van der Waals surface area contributed by atoms with Gasteiger partial charge in [-0.3, -0.25) is 0 Å². The number of allylic oxidation sites excluding steroid dienone is 1. The van der Waals surface area contributed by atoms with E-state index < -0.39 is 5.97 Å². The van der Waals surface area contributed by atoms with E-state index in [0.717, 1.165) is 19.6 Å². The number of nitrogens with one attached hydrogen (secondary N) is 1. The molecule has 0 bridgehead atoms. The third-order valence-corrected chi connectivity index (χ3v) is 3.26. The Labute approximate surface area is 126 Å². The van der Waals surface area contributed by atoms with Crippen LogP contribution in [0.5, 0.6) is 0 Å². The summed E-state index contributed by atoms with van der Waals surface area (Å²) in [5.41, 5.74) is 0.679. The molecule has 1 aliphatic heterocycles. The molecule has 6 heteroatoms. The van der Waals surface area contributed by atoms with Gasteiger partial charge in [-0.05, 0) is 19.8 Å². The van der Waals surface area contributed by atoms with Crippen LogP contribution in [0.15, 0.2) is 11.3 Å². The predicted molar refractivity (Wildman–Crippen MR) is 77.3 cm³/mol. The molecule has 0 aromatic carbocycles. The Kier molecular flexibility index (Phi) is 8.48. The molecule has 1 rings (SSSR count). The fourth-order valence-corrected chi connectivity index (χ4v) is 2.05. The van der Waals surface area contributed by atoms with E-state index >= 15 is 0 Å². The van der Waals surface area contributed by atoms with Crippen molar-refractivity contribution in [1.29, 1.82) is 5.26 Å². The molecule has 0 aromatic heterocycles. The van der Waals surface area contributed by atoms with Gasteiger partial charge in [-0.15, -0.1) is 0 Å². The van der Waals surface area contributed by atoms with Crippen molar-refractivity contribution in [3.63, 3.8) is 0 Å². The van der Waals surface area contributed by atoms with Crippen molar-refractivity contribution in [2.75, 3.05) is 39.6 Å². The largest absolute Gasteiger partial charge is 0.459 e. The number of esters is 1. The van der Waals surface area contributed by atoms with E-state index in [4.69, 9.17) is 14.2 Å². The maximum atomic E-state index is 11.9. The molecule has 0 aromatic rings. The Morgan fingerprint density at radius 3 is 2.81 bits per heavy atom. The number of carbonyl (C=O) groups excluding carboxylic acids is 1. The van der Waals surface area contributed by atoms with E-state index in [9.17, 15) is 10.1 Å². The second-order valence-corrected chi connectivity index (χ2v) is 4.76. The topological polar surface area (TPSA) is 80.6 Å². The summed E-state index contributed by atoms with van der Waals surface area (Å²) in [7, 11) is 0. The maximum Gasteiger partial charge on any atom is 0.350 e. The van der Waals surface area contributed by atoms with E-state index in [1.807, 2.05) is 19.9 Å². The van der Waals surface area contributed by atoms with E-state index in [1.54, 1.807) is 0 Å². The number of nitrogens with zero attached hydrogens (tertiary/aromatic N) is 1. The minimum Gasteiger partial charge on any atom is -0.459 e. The van der Waals surface area contributed by atoms with Crippen LogP contribution in [0.4, 0.5) is 0 Å². The number of hydrogen-bond acceptors (Lipinski definition) is 6. The van der Waals surface area contributed by atoms with Gasteiger partial charge < -0.3 is 19.5 Å². The van der Waals surface area contributed by atoms with Crippen LogP contribution >= 0.6 is 0 Å². The normalized spacial score (nSPS) is 18.8. The van der Waals surface area contributed by atoms with Gasteiger partial charge >= 0.3 is 5.97 Å². The number of nitriles is 1. The van der Waals surface area contributed by atoms with Crippen molar-refractivity contribution < 1.29 is 19.0 Å². The number of rotatable bonds is 9. The second kappa shape index (κ2) is 10.2. The first-order valence-electron chi connectivity index (χ1n) is 7.42. The monoisotopic (exact) mass is 296 g/mol. The van der Waals surface area contributed by atoms with Crippen molar-refractivity contribution in [2.24, 2.45) is 5.92 Å². The Balaban J connectivity index is 2.53. The molecule has 0 amide bonds. The zero-order chi connectivity index (χ0) is 15.5. The highest BCUT2D eigenvalue weighted by Gasteiger charge is 2.19. The third kappa shape index (κ3) is 6.15. The standard InChI is InChI=1S/C15H24N2O4/c1-3-14(17-10-12-5-6-20-11-12)13(9-16)15(18)21-8-7-19-4-2/h12,17H,3-8,10-11H2,1-2H3/b14-13+. The van der Waals surface area contributed by atoms with Crippen LogP contribution in [-0.2, 0) is 19.0 Å². The smallest absolute Gasteiger partial charge is 0.350 e. The van der Waals surface area contributed by atoms with Crippen LogP contribution in [-0.4, -0.2) is 45.5 Å². The van der Waals surface area contributed by atoms with E-state index in [0.29, 0.717) is 37.8 Å². The van der Waals surface area contributed by atoms with Crippen LogP contribution < -0.4 is 5.32 Å². The average Bonchev–Trinajstić information content (AvgIpc) is 3.01. The first-order chi connectivity index (χ1) is 10.2. The van der Waals surface area contributed by atoms with Crippen LogP contribution in [0.1, 0.15) is 26.7 Å². The Morgan fingerprint density at radius 1 is 1.43 bits per heavy atom. The Morgan fingerprint density at radius 2 is 2.24 bits per heavy atom. The predicted octanol–water partition coefficient (Wildman–Crippen LogP) is 1.38. The summed E-state index contributed by atoms with van der Waals surface area (Å²) >= 11 is 0. The molecule has 6 nitrogen and oxygen atoms in total. The Hall–Kier alpha value is -1.58. The van der Waals surface area contributed by atoms with Crippen LogP contribution in [0.3, 0.4) is 0 Å². The second-order valence-electron chi connectivity index (χ2n) is 4.76. The summed E-state index contributed by atoms with van der Waals surface area (Å²) in [6.45, 7) is 7.06. The number of ether oxygens (including phenoxy) is 3. The molecule has 1 heterocycles. The molecule has 0 radical (unpaired) electrons. The quantitative estimate of drug-likeness (QED) is 0.300. The molecule has 1 fully saturated rings. The summed E-state index contributed by atoms with van der Waals surface area (Å²) in [6, 6.07) is 1.94. The molecule has 21 heavy (non-hydrogen) atoms. The van der Waals surface area contributed by atoms with E-state index in [1.165, 1.54) is 0 Å². The molecule has 0 spiro atoms. The van der Waals surface area contributed by atoms with E-state index in [-0.39, 0.29) is 12.2 Å². The molecule has 1 atom stereocenters. The molecular formula is C15H24N2O4. The molecule has 1 saturated heterocycles. The van der Waals surface area contributed by atoms with Gasteiger partial charge in [0.2, 0.25) is 0 Å². The van der Waals surface area contributed by atoms with Gasteiger partial charge in [0.25, 0.3) is 0 Å². The molecule has 1 unspecified atom stereocenters. The van der Waals surface area contributed by atoms with Gasteiger partial charge in [0.1, 0.15) is 12.7 Å². The molecule has 1 aliphatic rings. The van der Waals surface area contributed by atoms with Crippen molar-refractivity contribution in [3.05, 3.63) is 11.3 Å². The van der Waals surface area contributed by atoms with Crippen LogP contribution in [0.25, 0.3) is 0 Å². The van der Waals surface area contributed by atoms with Gasteiger partial charge in [-0.25, -0.2) is 4.79 Å². The minimum absolute atomic E-state index is 0.0490. The van der Waals surface area contributed by atoms with Crippen LogP contribution in [0.2, 0.25) is 0 Å². The lowest BCUT2D eigenvalue weighted by Gasteiger charge is -2.14. The van der Waals surface area contributed by atoms with Gasteiger partial charge in [-0.2, -0.15) is 5.26 Å². The van der Waals surface area contributed by atoms with Gasteiger partial charge in [-0.1, -0.05) is 6.92 Å². The van der Waals surface area contributed by atoms with E-state index in [2.05, 4.69) is 5.32 Å². The lowest BCUT2D eigenvalue weighted by molar-refractivity contribution is -0.140.